The Balaban J connectivity index is 2.26. The van der Waals surface area contributed by atoms with Crippen LogP contribution in [0.2, 0.25) is 5.02 Å². The maximum absolute atomic E-state index is 14.0. The summed E-state index contributed by atoms with van der Waals surface area (Å²) in [7, 11) is 0. The Kier molecular flexibility index (Phi) is 3.16. The first kappa shape index (κ1) is 12.7. The topological polar surface area (TPSA) is 54.7 Å². The third kappa shape index (κ3) is 2.04. The summed E-state index contributed by atoms with van der Waals surface area (Å²) in [5.74, 6) is -0.0548. The van der Waals surface area contributed by atoms with Gasteiger partial charge in [0.15, 0.2) is 5.82 Å². The predicted molar refractivity (Wildman–Crippen MR) is 78.8 cm³/mol. The quantitative estimate of drug-likeness (QED) is 0.745. The smallest absolute Gasteiger partial charge is 0.153 e. The highest BCUT2D eigenvalue weighted by Gasteiger charge is 2.18. The molecule has 0 aliphatic carbocycles. The number of rotatable bonds is 2. The molecule has 0 fully saturated rings. The van der Waals surface area contributed by atoms with E-state index < -0.39 is 0 Å². The fraction of sp³-hybridized carbons (Fsp3) is 0. The number of H-pyrrole nitrogens is 1. The average Bonchev–Trinajstić information content (AvgIpc) is 2.82. The van der Waals surface area contributed by atoms with Crippen molar-refractivity contribution in [3.63, 3.8) is 0 Å². The van der Waals surface area contributed by atoms with E-state index in [0.717, 1.165) is 5.56 Å². The first-order valence-corrected chi connectivity index (χ1v) is 6.40. The molecule has 3 rings (SSSR count). The van der Waals surface area contributed by atoms with Crippen molar-refractivity contribution in [2.75, 3.05) is 5.73 Å². The minimum absolute atomic E-state index is 0.288. The van der Waals surface area contributed by atoms with Crippen LogP contribution in [-0.4, -0.2) is 10.2 Å². The summed E-state index contributed by atoms with van der Waals surface area (Å²) in [6.45, 7) is 0. The number of halogens is 2. The highest BCUT2D eigenvalue weighted by Crippen LogP contribution is 2.38. The molecule has 3 aromatic rings. The second-order valence-electron chi connectivity index (χ2n) is 4.32. The number of nitrogens with zero attached hydrogens (tertiary/aromatic N) is 1. The van der Waals surface area contributed by atoms with Crippen molar-refractivity contribution in [2.45, 2.75) is 0 Å². The normalized spacial score (nSPS) is 10.7. The number of nitrogens with one attached hydrogen (secondary N) is 1. The molecule has 1 heterocycles. The number of aromatic amines is 1. The van der Waals surface area contributed by atoms with Gasteiger partial charge in [-0.3, -0.25) is 5.10 Å². The zero-order chi connectivity index (χ0) is 14.1. The molecule has 0 aliphatic heterocycles. The zero-order valence-corrected chi connectivity index (χ0v) is 11.2. The van der Waals surface area contributed by atoms with Crippen LogP contribution in [0.4, 0.5) is 10.2 Å². The number of nitrogen functional groups attached to an aromatic ring is 1. The van der Waals surface area contributed by atoms with Gasteiger partial charge in [0.1, 0.15) is 5.82 Å². The summed E-state index contributed by atoms with van der Waals surface area (Å²) in [5, 5.41) is 7.30. The average molecular weight is 288 g/mol. The fourth-order valence-electron chi connectivity index (χ4n) is 2.15. The molecule has 0 spiro atoms. The Bertz CT molecular complexity index is 767. The molecule has 100 valence electrons. The molecule has 0 aliphatic rings. The van der Waals surface area contributed by atoms with Crippen molar-refractivity contribution in [3.8, 4) is 22.4 Å². The zero-order valence-electron chi connectivity index (χ0n) is 10.4. The number of nitrogens with two attached hydrogens (primary N) is 1. The lowest BCUT2D eigenvalue weighted by Crippen LogP contribution is -1.90. The molecule has 0 atom stereocenters. The van der Waals surface area contributed by atoms with E-state index in [2.05, 4.69) is 10.2 Å². The summed E-state index contributed by atoms with van der Waals surface area (Å²) in [6, 6.07) is 13.7. The Hall–Kier alpha value is -2.33. The van der Waals surface area contributed by atoms with E-state index in [1.165, 1.54) is 6.07 Å². The minimum Gasteiger partial charge on any atom is -0.382 e. The van der Waals surface area contributed by atoms with Gasteiger partial charge >= 0.3 is 0 Å². The highest BCUT2D eigenvalue weighted by atomic mass is 35.5. The van der Waals surface area contributed by atoms with Crippen LogP contribution in [0, 0.1) is 5.82 Å². The van der Waals surface area contributed by atoms with Gasteiger partial charge < -0.3 is 5.73 Å². The van der Waals surface area contributed by atoms with Crippen LogP contribution >= 0.6 is 11.6 Å². The molecule has 0 saturated heterocycles. The van der Waals surface area contributed by atoms with E-state index in [9.17, 15) is 4.39 Å². The molecule has 2 aromatic carbocycles. The molecule has 3 N–H and O–H groups in total. The van der Waals surface area contributed by atoms with Gasteiger partial charge in [0, 0.05) is 16.1 Å². The van der Waals surface area contributed by atoms with Gasteiger partial charge in [-0.2, -0.15) is 5.10 Å². The van der Waals surface area contributed by atoms with Crippen LogP contribution in [0.15, 0.2) is 48.5 Å². The van der Waals surface area contributed by atoms with E-state index in [-0.39, 0.29) is 11.6 Å². The van der Waals surface area contributed by atoms with Crippen LogP contribution in [0.1, 0.15) is 0 Å². The molecule has 1 aromatic heterocycles. The first-order chi connectivity index (χ1) is 9.68. The molecule has 0 saturated carbocycles. The molecule has 3 nitrogen and oxygen atoms in total. The number of hydrogen-bond donors (Lipinski definition) is 2. The van der Waals surface area contributed by atoms with Crippen molar-refractivity contribution >= 4 is 17.4 Å². The fourth-order valence-corrected chi connectivity index (χ4v) is 2.38. The van der Waals surface area contributed by atoms with Gasteiger partial charge in [-0.15, -0.1) is 0 Å². The molecule has 0 amide bonds. The minimum atomic E-state index is -0.343. The van der Waals surface area contributed by atoms with Crippen LogP contribution in [0.25, 0.3) is 22.4 Å². The van der Waals surface area contributed by atoms with Crippen molar-refractivity contribution in [1.29, 1.82) is 0 Å². The molecule has 0 unspecified atom stereocenters. The Morgan fingerprint density at radius 3 is 2.35 bits per heavy atom. The highest BCUT2D eigenvalue weighted by molar-refractivity contribution is 6.33. The van der Waals surface area contributed by atoms with E-state index in [1.54, 1.807) is 24.3 Å². The van der Waals surface area contributed by atoms with Gasteiger partial charge in [-0.25, -0.2) is 4.39 Å². The summed E-state index contributed by atoms with van der Waals surface area (Å²) in [4.78, 5) is 0. The Labute approximate surface area is 120 Å². The summed E-state index contributed by atoms with van der Waals surface area (Å²) in [5.41, 5.74) is 8.17. The van der Waals surface area contributed by atoms with Gasteiger partial charge in [0.2, 0.25) is 0 Å². The summed E-state index contributed by atoms with van der Waals surface area (Å²) in [6.07, 6.45) is 0. The predicted octanol–water partition coefficient (Wildman–Crippen LogP) is 4.12. The SMILES string of the molecule is Nc1n[nH]c(-c2ccccc2F)c1-c1ccccc1Cl. The number of hydrogen-bond acceptors (Lipinski definition) is 2. The number of aromatic nitrogens is 2. The lowest BCUT2D eigenvalue weighted by molar-refractivity contribution is 0.630. The molecule has 0 radical (unpaired) electrons. The van der Waals surface area contributed by atoms with Gasteiger partial charge in [-0.05, 0) is 18.2 Å². The summed E-state index contributed by atoms with van der Waals surface area (Å²) < 4.78 is 14.0. The van der Waals surface area contributed by atoms with Gasteiger partial charge in [-0.1, -0.05) is 41.9 Å². The van der Waals surface area contributed by atoms with Crippen LogP contribution in [0.5, 0.6) is 0 Å². The van der Waals surface area contributed by atoms with Crippen LogP contribution < -0.4 is 5.73 Å². The molecular weight excluding hydrogens is 277 g/mol. The van der Waals surface area contributed by atoms with E-state index >= 15 is 0 Å². The van der Waals surface area contributed by atoms with Crippen molar-refractivity contribution in [2.24, 2.45) is 0 Å². The molecule has 0 bridgehead atoms. The number of benzene rings is 2. The maximum Gasteiger partial charge on any atom is 0.153 e. The Morgan fingerprint density at radius 2 is 1.65 bits per heavy atom. The third-order valence-corrected chi connectivity index (χ3v) is 3.41. The summed E-state index contributed by atoms with van der Waals surface area (Å²) >= 11 is 6.20. The molecular formula is C15H11ClFN3. The second-order valence-corrected chi connectivity index (χ2v) is 4.73. The largest absolute Gasteiger partial charge is 0.382 e. The van der Waals surface area contributed by atoms with Crippen molar-refractivity contribution in [1.82, 2.24) is 10.2 Å². The standard InChI is InChI=1S/C15H11ClFN3/c16-11-7-3-1-5-9(11)13-14(19-20-15(13)18)10-6-2-4-8-12(10)17/h1-8H,(H3,18,19,20). The van der Waals surface area contributed by atoms with Crippen LogP contribution in [0.3, 0.4) is 0 Å². The van der Waals surface area contributed by atoms with E-state index in [1.807, 2.05) is 18.2 Å². The first-order valence-electron chi connectivity index (χ1n) is 6.02. The van der Waals surface area contributed by atoms with E-state index in [0.29, 0.717) is 21.8 Å². The van der Waals surface area contributed by atoms with Crippen molar-refractivity contribution in [3.05, 3.63) is 59.4 Å². The third-order valence-electron chi connectivity index (χ3n) is 3.08. The maximum atomic E-state index is 14.0. The van der Waals surface area contributed by atoms with Crippen molar-refractivity contribution < 1.29 is 4.39 Å². The van der Waals surface area contributed by atoms with Gasteiger partial charge in [0.05, 0.1) is 11.3 Å². The molecule has 5 heteroatoms. The monoisotopic (exact) mass is 287 g/mol. The molecule has 20 heavy (non-hydrogen) atoms. The number of anilines is 1. The lowest BCUT2D eigenvalue weighted by atomic mass is 10.0. The lowest BCUT2D eigenvalue weighted by Gasteiger charge is -2.07. The van der Waals surface area contributed by atoms with Gasteiger partial charge in [0.25, 0.3) is 0 Å². The Morgan fingerprint density at radius 1 is 1.00 bits per heavy atom. The second kappa shape index (κ2) is 4.98. The van der Waals surface area contributed by atoms with E-state index in [4.69, 9.17) is 17.3 Å². The van der Waals surface area contributed by atoms with Crippen LogP contribution in [-0.2, 0) is 0 Å².